The van der Waals surface area contributed by atoms with Gasteiger partial charge in [0.05, 0.1) is 23.9 Å². The minimum atomic E-state index is -0.708. The monoisotopic (exact) mass is 367 g/mol. The minimum Gasteiger partial charge on any atom is -0.466 e. The summed E-state index contributed by atoms with van der Waals surface area (Å²) in [6, 6.07) is 2.99. The number of carbonyl (C=O) groups excluding carboxylic acids is 2. The maximum atomic E-state index is 14.6. The van der Waals surface area contributed by atoms with Crippen molar-refractivity contribution in [2.45, 2.75) is 39.2 Å². The van der Waals surface area contributed by atoms with Gasteiger partial charge in [0.15, 0.2) is 5.82 Å². The van der Waals surface area contributed by atoms with Gasteiger partial charge in [-0.05, 0) is 39.3 Å². The summed E-state index contributed by atoms with van der Waals surface area (Å²) in [5, 5.41) is 0. The van der Waals surface area contributed by atoms with Crippen molar-refractivity contribution in [2.75, 3.05) is 31.2 Å². The second-order valence-corrected chi connectivity index (χ2v) is 7.32. The Labute approximate surface area is 152 Å². The lowest BCUT2D eigenvalue weighted by atomic mass is 9.88. The highest BCUT2D eigenvalue weighted by Crippen LogP contribution is 2.38. The average Bonchev–Trinajstić information content (AvgIpc) is 2.97. The van der Waals surface area contributed by atoms with Crippen molar-refractivity contribution in [2.24, 2.45) is 5.92 Å². The molecule has 1 aromatic carbocycles. The summed E-state index contributed by atoms with van der Waals surface area (Å²) in [5.74, 6) is -2.46. The zero-order valence-electron chi connectivity index (χ0n) is 15.5. The van der Waals surface area contributed by atoms with E-state index in [9.17, 15) is 14.0 Å². The highest BCUT2D eigenvalue weighted by atomic mass is 19.1. The number of nitrogens with two attached hydrogens (primary N) is 2. The standard InChI is InChI=1S/C18H26FN3O4/c1-5-25-16(23)12-9-22(17(24)26-18(2,3)4)8-11(12)10-6-7-13(20)15(21)14(10)19/h6-7,11-12H,5,8-9,20-21H2,1-4H3. The van der Waals surface area contributed by atoms with Gasteiger partial charge in [0.2, 0.25) is 0 Å². The number of likely N-dealkylation sites (tertiary alicyclic amines) is 1. The van der Waals surface area contributed by atoms with Gasteiger partial charge < -0.3 is 25.8 Å². The number of halogens is 1. The van der Waals surface area contributed by atoms with Crippen molar-refractivity contribution in [1.82, 2.24) is 4.90 Å². The number of hydrogen-bond acceptors (Lipinski definition) is 6. The molecule has 2 atom stereocenters. The molecule has 4 N–H and O–H groups in total. The van der Waals surface area contributed by atoms with Gasteiger partial charge in [-0.1, -0.05) is 6.07 Å². The van der Waals surface area contributed by atoms with Gasteiger partial charge in [-0.25, -0.2) is 9.18 Å². The molecule has 1 aliphatic heterocycles. The number of nitrogen functional groups attached to an aromatic ring is 2. The molecule has 0 saturated carbocycles. The van der Waals surface area contributed by atoms with Gasteiger partial charge in [0.1, 0.15) is 5.60 Å². The smallest absolute Gasteiger partial charge is 0.410 e. The van der Waals surface area contributed by atoms with Crippen LogP contribution in [0.4, 0.5) is 20.6 Å². The molecule has 7 nitrogen and oxygen atoms in total. The topological polar surface area (TPSA) is 108 Å². The van der Waals surface area contributed by atoms with Gasteiger partial charge in [0.25, 0.3) is 0 Å². The van der Waals surface area contributed by atoms with Gasteiger partial charge >= 0.3 is 12.1 Å². The zero-order chi connectivity index (χ0) is 19.6. The molecule has 0 bridgehead atoms. The molecule has 1 saturated heterocycles. The van der Waals surface area contributed by atoms with Crippen LogP contribution in [0, 0.1) is 11.7 Å². The van der Waals surface area contributed by atoms with Gasteiger partial charge in [-0.15, -0.1) is 0 Å². The van der Waals surface area contributed by atoms with Crippen molar-refractivity contribution in [3.05, 3.63) is 23.5 Å². The van der Waals surface area contributed by atoms with Gasteiger partial charge in [-0.2, -0.15) is 0 Å². The number of carbonyl (C=O) groups is 2. The van der Waals surface area contributed by atoms with Crippen LogP contribution in [-0.2, 0) is 14.3 Å². The van der Waals surface area contributed by atoms with E-state index >= 15 is 0 Å². The van der Waals surface area contributed by atoms with E-state index in [0.29, 0.717) is 0 Å². The first-order valence-corrected chi connectivity index (χ1v) is 8.53. The van der Waals surface area contributed by atoms with E-state index < -0.39 is 35.3 Å². The molecule has 8 heteroatoms. The average molecular weight is 367 g/mol. The predicted octanol–water partition coefficient (Wildman–Crippen LogP) is 2.50. The van der Waals surface area contributed by atoms with E-state index in [1.165, 1.54) is 17.0 Å². The van der Waals surface area contributed by atoms with Crippen molar-refractivity contribution >= 4 is 23.4 Å². The Bertz CT molecular complexity index is 702. The minimum absolute atomic E-state index is 0.0855. The predicted molar refractivity (Wildman–Crippen MR) is 95.9 cm³/mol. The number of rotatable bonds is 3. The molecule has 0 aromatic heterocycles. The summed E-state index contributed by atoms with van der Waals surface area (Å²) in [6.45, 7) is 7.35. The fourth-order valence-corrected chi connectivity index (χ4v) is 2.99. The number of esters is 1. The third-order valence-corrected chi connectivity index (χ3v) is 4.20. The molecule has 0 spiro atoms. The number of ether oxygens (including phenoxy) is 2. The fraction of sp³-hybridized carbons (Fsp3) is 0.556. The summed E-state index contributed by atoms with van der Waals surface area (Å²) >= 11 is 0. The highest BCUT2D eigenvalue weighted by Gasteiger charge is 2.43. The van der Waals surface area contributed by atoms with Crippen molar-refractivity contribution in [3.8, 4) is 0 Å². The highest BCUT2D eigenvalue weighted by molar-refractivity contribution is 5.78. The van der Waals surface area contributed by atoms with Gasteiger partial charge in [-0.3, -0.25) is 4.79 Å². The molecule has 1 aliphatic rings. The van der Waals surface area contributed by atoms with Crippen LogP contribution in [0.5, 0.6) is 0 Å². The Morgan fingerprint density at radius 3 is 2.50 bits per heavy atom. The van der Waals surface area contributed by atoms with E-state index in [2.05, 4.69) is 0 Å². The van der Waals surface area contributed by atoms with E-state index in [-0.39, 0.29) is 36.6 Å². The largest absolute Gasteiger partial charge is 0.466 e. The summed E-state index contributed by atoms with van der Waals surface area (Å²) in [7, 11) is 0. The fourth-order valence-electron chi connectivity index (χ4n) is 2.99. The van der Waals surface area contributed by atoms with Crippen LogP contribution in [-0.4, -0.2) is 42.3 Å². The molecule has 2 rings (SSSR count). The summed E-state index contributed by atoms with van der Waals surface area (Å²) < 4.78 is 25.1. The maximum absolute atomic E-state index is 14.6. The quantitative estimate of drug-likeness (QED) is 0.628. The molecule has 144 valence electrons. The number of anilines is 2. The second kappa shape index (κ2) is 7.39. The zero-order valence-corrected chi connectivity index (χ0v) is 15.5. The van der Waals surface area contributed by atoms with Crippen LogP contribution in [0.25, 0.3) is 0 Å². The molecule has 0 aliphatic carbocycles. The first-order chi connectivity index (χ1) is 12.0. The number of hydrogen-bond donors (Lipinski definition) is 2. The Morgan fingerprint density at radius 1 is 1.27 bits per heavy atom. The van der Waals surface area contributed by atoms with E-state index in [0.717, 1.165) is 0 Å². The Balaban J connectivity index is 2.34. The molecule has 26 heavy (non-hydrogen) atoms. The molecular weight excluding hydrogens is 341 g/mol. The lowest BCUT2D eigenvalue weighted by molar-refractivity contribution is -0.147. The van der Waals surface area contributed by atoms with Crippen molar-refractivity contribution in [1.29, 1.82) is 0 Å². The molecular formula is C18H26FN3O4. The Morgan fingerprint density at radius 2 is 1.92 bits per heavy atom. The molecule has 1 fully saturated rings. The molecule has 2 unspecified atom stereocenters. The third kappa shape index (κ3) is 4.17. The first kappa shape index (κ1) is 19.8. The molecule has 0 radical (unpaired) electrons. The van der Waals surface area contributed by atoms with Crippen LogP contribution in [0.15, 0.2) is 12.1 Å². The normalized spacial score (nSPS) is 20.1. The van der Waals surface area contributed by atoms with Crippen LogP contribution in [0.2, 0.25) is 0 Å². The Hall–Kier alpha value is -2.51. The molecule has 1 amide bonds. The summed E-state index contributed by atoms with van der Waals surface area (Å²) in [6.07, 6.45) is -0.557. The SMILES string of the molecule is CCOC(=O)C1CN(C(=O)OC(C)(C)C)CC1c1ccc(N)c(N)c1F. The number of amides is 1. The molecule has 1 aromatic rings. The van der Waals surface area contributed by atoms with E-state index in [1.807, 2.05) is 0 Å². The number of benzene rings is 1. The lowest BCUT2D eigenvalue weighted by Gasteiger charge is -2.24. The summed E-state index contributed by atoms with van der Waals surface area (Å²) in [4.78, 5) is 26.1. The van der Waals surface area contributed by atoms with Crippen LogP contribution in [0.3, 0.4) is 0 Å². The van der Waals surface area contributed by atoms with Crippen LogP contribution in [0.1, 0.15) is 39.2 Å². The second-order valence-electron chi connectivity index (χ2n) is 7.32. The summed E-state index contributed by atoms with van der Waals surface area (Å²) in [5.41, 5.74) is 10.8. The lowest BCUT2D eigenvalue weighted by Crippen LogP contribution is -2.36. The van der Waals surface area contributed by atoms with Crippen LogP contribution >= 0.6 is 0 Å². The maximum Gasteiger partial charge on any atom is 0.410 e. The van der Waals surface area contributed by atoms with Crippen molar-refractivity contribution < 1.29 is 23.5 Å². The van der Waals surface area contributed by atoms with E-state index in [4.69, 9.17) is 20.9 Å². The first-order valence-electron chi connectivity index (χ1n) is 8.53. The van der Waals surface area contributed by atoms with Crippen LogP contribution < -0.4 is 11.5 Å². The molecule has 1 heterocycles. The number of nitrogens with zero attached hydrogens (tertiary/aromatic N) is 1. The van der Waals surface area contributed by atoms with Gasteiger partial charge in [0, 0.05) is 19.0 Å². The third-order valence-electron chi connectivity index (χ3n) is 4.20. The Kier molecular flexibility index (Phi) is 5.63. The van der Waals surface area contributed by atoms with E-state index in [1.54, 1.807) is 27.7 Å². The van der Waals surface area contributed by atoms with Crippen molar-refractivity contribution in [3.63, 3.8) is 0 Å².